The number of H-pyrrole nitrogens is 1. The summed E-state index contributed by atoms with van der Waals surface area (Å²) < 4.78 is 5.71. The quantitative estimate of drug-likeness (QED) is 0.801. The number of hydrogen-bond donors (Lipinski definition) is 1. The molecule has 0 saturated carbocycles. The molecule has 3 heteroatoms. The van der Waals surface area contributed by atoms with Gasteiger partial charge in [-0.25, -0.2) is 0 Å². The van der Waals surface area contributed by atoms with Gasteiger partial charge >= 0.3 is 0 Å². The van der Waals surface area contributed by atoms with E-state index in [9.17, 15) is 0 Å². The first-order valence-corrected chi connectivity index (χ1v) is 5.94. The third kappa shape index (κ3) is 3.24. The number of benzene rings is 1. The van der Waals surface area contributed by atoms with Gasteiger partial charge in [-0.3, -0.25) is 0 Å². The van der Waals surface area contributed by atoms with E-state index < -0.39 is 0 Å². The van der Waals surface area contributed by atoms with Gasteiger partial charge in [0.15, 0.2) is 0 Å². The first-order chi connectivity index (χ1) is 8.15. The van der Waals surface area contributed by atoms with Crippen LogP contribution in [0.3, 0.4) is 0 Å². The van der Waals surface area contributed by atoms with Gasteiger partial charge in [-0.15, -0.1) is 0 Å². The molecule has 1 radical (unpaired) electrons. The van der Waals surface area contributed by atoms with Gasteiger partial charge in [-0.2, -0.15) is 0 Å². The van der Waals surface area contributed by atoms with Gasteiger partial charge < -0.3 is 14.6 Å². The molecule has 0 spiro atoms. The molecule has 0 saturated heterocycles. The van der Waals surface area contributed by atoms with E-state index >= 15 is 0 Å². The molecule has 91 valence electrons. The topological polar surface area (TPSA) is 28.3 Å². The molecule has 17 heavy (non-hydrogen) atoms. The zero-order valence-electron chi connectivity index (χ0n) is 10.7. The molecular weight excluding hydrogens is 212 g/mol. The Bertz CT molecular complexity index is 488. The number of rotatable bonds is 5. The summed E-state index contributed by atoms with van der Waals surface area (Å²) in [5.41, 5.74) is 2.17. The second-order valence-electron chi connectivity index (χ2n) is 4.59. The lowest BCUT2D eigenvalue weighted by Crippen LogP contribution is -2.15. The fourth-order valence-corrected chi connectivity index (χ4v) is 1.83. The summed E-state index contributed by atoms with van der Waals surface area (Å²) in [6.07, 6.45) is 1.04. The van der Waals surface area contributed by atoms with Crippen molar-refractivity contribution in [3.05, 3.63) is 30.0 Å². The van der Waals surface area contributed by atoms with Gasteiger partial charge in [-0.1, -0.05) is 0 Å². The molecule has 0 atom stereocenters. The Morgan fingerprint density at radius 3 is 2.94 bits per heavy atom. The van der Waals surface area contributed by atoms with Crippen LogP contribution in [0, 0.1) is 13.0 Å². The highest BCUT2D eigenvalue weighted by Crippen LogP contribution is 2.20. The standard InChI is InChI=1S/C14H19N2O/c1-11-9-12-10-13(5-6-14(12)15-11)17-8-4-7-16(2)3/h5-6,10,15H,4,7-8H2,1-3H3. The second-order valence-corrected chi connectivity index (χ2v) is 4.59. The molecule has 1 N–H and O–H groups in total. The van der Waals surface area contributed by atoms with Crippen LogP contribution in [0.25, 0.3) is 10.9 Å². The molecule has 0 fully saturated rings. The zero-order valence-corrected chi connectivity index (χ0v) is 10.7. The smallest absolute Gasteiger partial charge is 0.120 e. The maximum Gasteiger partial charge on any atom is 0.120 e. The molecule has 0 bridgehead atoms. The van der Waals surface area contributed by atoms with Crippen LogP contribution in [0.4, 0.5) is 0 Å². The van der Waals surface area contributed by atoms with E-state index in [1.807, 2.05) is 25.1 Å². The third-order valence-corrected chi connectivity index (χ3v) is 2.65. The number of nitrogens with zero attached hydrogens (tertiary/aromatic N) is 1. The molecule has 0 aliphatic heterocycles. The van der Waals surface area contributed by atoms with Gasteiger partial charge in [0.25, 0.3) is 0 Å². The van der Waals surface area contributed by atoms with Gasteiger partial charge in [0.1, 0.15) is 5.75 Å². The zero-order chi connectivity index (χ0) is 12.3. The van der Waals surface area contributed by atoms with E-state index in [-0.39, 0.29) is 0 Å². The summed E-state index contributed by atoms with van der Waals surface area (Å²) in [5, 5.41) is 1.09. The molecule has 3 nitrogen and oxygen atoms in total. The summed E-state index contributed by atoms with van der Waals surface area (Å²) in [4.78, 5) is 5.41. The molecule has 2 rings (SSSR count). The number of aryl methyl sites for hydroxylation is 1. The van der Waals surface area contributed by atoms with Crippen LogP contribution in [0.15, 0.2) is 18.2 Å². The third-order valence-electron chi connectivity index (χ3n) is 2.65. The van der Waals surface area contributed by atoms with E-state index in [1.54, 1.807) is 0 Å². The number of nitrogens with one attached hydrogen (secondary N) is 1. The van der Waals surface area contributed by atoms with Crippen molar-refractivity contribution in [2.75, 3.05) is 27.2 Å². The number of hydrogen-bond acceptors (Lipinski definition) is 2. The fourth-order valence-electron chi connectivity index (χ4n) is 1.83. The van der Waals surface area contributed by atoms with Crippen molar-refractivity contribution in [1.29, 1.82) is 0 Å². The largest absolute Gasteiger partial charge is 0.494 e. The molecule has 0 aliphatic rings. The normalized spacial score (nSPS) is 11.3. The summed E-state index contributed by atoms with van der Waals surface area (Å²) in [6, 6.07) is 9.34. The molecular formula is C14H19N2O. The highest BCUT2D eigenvalue weighted by molar-refractivity contribution is 5.81. The average Bonchev–Trinajstić information content (AvgIpc) is 2.63. The van der Waals surface area contributed by atoms with E-state index in [0.717, 1.165) is 41.9 Å². The Labute approximate surface area is 102 Å². The number of ether oxygens (including phenoxy) is 1. The molecule has 0 aliphatic carbocycles. The average molecular weight is 231 g/mol. The van der Waals surface area contributed by atoms with E-state index in [4.69, 9.17) is 4.74 Å². The summed E-state index contributed by atoms with van der Waals surface area (Å²) in [6.45, 7) is 3.82. The monoisotopic (exact) mass is 231 g/mol. The van der Waals surface area contributed by atoms with Gasteiger partial charge in [-0.05, 0) is 45.6 Å². The van der Waals surface area contributed by atoms with Gasteiger partial charge in [0.05, 0.1) is 6.61 Å². The van der Waals surface area contributed by atoms with E-state index in [2.05, 4.69) is 30.0 Å². The summed E-state index contributed by atoms with van der Waals surface area (Å²) in [7, 11) is 4.15. The fraction of sp³-hybridized carbons (Fsp3) is 0.429. The van der Waals surface area contributed by atoms with Crippen molar-refractivity contribution in [3.63, 3.8) is 0 Å². The van der Waals surface area contributed by atoms with Gasteiger partial charge in [0.2, 0.25) is 0 Å². The predicted molar refractivity (Wildman–Crippen MR) is 70.5 cm³/mol. The molecule has 2 aromatic rings. The van der Waals surface area contributed by atoms with Crippen molar-refractivity contribution < 1.29 is 4.74 Å². The van der Waals surface area contributed by atoms with Crippen molar-refractivity contribution in [2.45, 2.75) is 13.3 Å². The summed E-state index contributed by atoms with van der Waals surface area (Å²) in [5.74, 6) is 0.923. The van der Waals surface area contributed by atoms with Crippen molar-refractivity contribution in [2.24, 2.45) is 0 Å². The maximum absolute atomic E-state index is 5.71. The molecule has 1 aromatic heterocycles. The van der Waals surface area contributed by atoms with Crippen molar-refractivity contribution in [3.8, 4) is 5.75 Å². The lowest BCUT2D eigenvalue weighted by atomic mass is 10.2. The first-order valence-electron chi connectivity index (χ1n) is 5.94. The van der Waals surface area contributed by atoms with Crippen LogP contribution in [-0.2, 0) is 0 Å². The lowest BCUT2D eigenvalue weighted by Gasteiger charge is -2.10. The van der Waals surface area contributed by atoms with E-state index in [1.165, 1.54) is 0 Å². The minimum absolute atomic E-state index is 0.757. The van der Waals surface area contributed by atoms with Crippen LogP contribution < -0.4 is 4.74 Å². The number of fused-ring (bicyclic) bond motifs is 1. The van der Waals surface area contributed by atoms with Crippen LogP contribution >= 0.6 is 0 Å². The Balaban J connectivity index is 1.94. The Kier molecular flexibility index (Phi) is 3.69. The van der Waals surface area contributed by atoms with Crippen molar-refractivity contribution in [1.82, 2.24) is 9.88 Å². The minimum Gasteiger partial charge on any atom is -0.494 e. The highest BCUT2D eigenvalue weighted by Gasteiger charge is 2.00. The van der Waals surface area contributed by atoms with Gasteiger partial charge in [0, 0.05) is 29.2 Å². The Morgan fingerprint density at radius 2 is 2.18 bits per heavy atom. The van der Waals surface area contributed by atoms with Crippen LogP contribution in [0.1, 0.15) is 12.1 Å². The maximum atomic E-state index is 5.71. The van der Waals surface area contributed by atoms with Crippen molar-refractivity contribution >= 4 is 10.9 Å². The first kappa shape index (κ1) is 12.0. The Hall–Kier alpha value is -1.48. The number of aromatic amines is 1. The molecule has 0 unspecified atom stereocenters. The van der Waals surface area contributed by atoms with Crippen LogP contribution in [0.2, 0.25) is 0 Å². The summed E-state index contributed by atoms with van der Waals surface area (Å²) >= 11 is 0. The van der Waals surface area contributed by atoms with Crippen LogP contribution in [0.5, 0.6) is 5.75 Å². The van der Waals surface area contributed by atoms with E-state index in [0.29, 0.717) is 0 Å². The lowest BCUT2D eigenvalue weighted by molar-refractivity contribution is 0.282. The number of aromatic nitrogens is 1. The minimum atomic E-state index is 0.757. The molecule has 1 heterocycles. The second kappa shape index (κ2) is 5.23. The molecule has 0 amide bonds. The van der Waals surface area contributed by atoms with Crippen LogP contribution in [-0.4, -0.2) is 37.1 Å². The molecule has 1 aromatic carbocycles. The highest BCUT2D eigenvalue weighted by atomic mass is 16.5. The SMILES string of the molecule is Cc1[c]c2cc(OCCCN(C)C)ccc2[nH]1. The Morgan fingerprint density at radius 1 is 1.35 bits per heavy atom. The predicted octanol–water partition coefficient (Wildman–Crippen LogP) is 2.61.